The smallest absolute Gasteiger partial charge is 0.212 e. The van der Waals surface area contributed by atoms with E-state index in [4.69, 9.17) is 5.73 Å². The first kappa shape index (κ1) is 16.9. The van der Waals surface area contributed by atoms with Crippen LogP contribution in [0, 0.1) is 11.3 Å². The van der Waals surface area contributed by atoms with E-state index >= 15 is 0 Å². The standard InChI is InChI=1S/C14H30N2O2S/c1-12-5-7-14(11-15,8-6-12)16-19(17,18)10-9-13(2,3)4/h12,16H,5-11,15H2,1-4H3. The molecule has 19 heavy (non-hydrogen) atoms. The van der Waals surface area contributed by atoms with Crippen LogP contribution >= 0.6 is 0 Å². The molecule has 114 valence electrons. The van der Waals surface area contributed by atoms with Gasteiger partial charge in [-0.25, -0.2) is 13.1 Å². The second-order valence-electron chi connectivity index (χ2n) is 7.40. The molecule has 0 aliphatic heterocycles. The Bertz CT molecular complexity index is 377. The van der Waals surface area contributed by atoms with Gasteiger partial charge in [-0.1, -0.05) is 27.7 Å². The van der Waals surface area contributed by atoms with Crippen LogP contribution in [0.1, 0.15) is 59.8 Å². The van der Waals surface area contributed by atoms with Gasteiger partial charge in [0.1, 0.15) is 0 Å². The lowest BCUT2D eigenvalue weighted by Gasteiger charge is -2.39. The molecule has 0 saturated heterocycles. The van der Waals surface area contributed by atoms with Gasteiger partial charge in [-0.2, -0.15) is 0 Å². The lowest BCUT2D eigenvalue weighted by atomic mass is 9.78. The third-order valence-corrected chi connectivity index (χ3v) is 5.60. The van der Waals surface area contributed by atoms with E-state index in [9.17, 15) is 8.42 Å². The van der Waals surface area contributed by atoms with Crippen LogP contribution in [0.2, 0.25) is 0 Å². The number of nitrogens with one attached hydrogen (secondary N) is 1. The topological polar surface area (TPSA) is 72.2 Å². The summed E-state index contributed by atoms with van der Waals surface area (Å²) in [5.74, 6) is 0.868. The minimum Gasteiger partial charge on any atom is -0.329 e. The van der Waals surface area contributed by atoms with Gasteiger partial charge in [-0.3, -0.25) is 0 Å². The van der Waals surface area contributed by atoms with E-state index in [2.05, 4.69) is 32.4 Å². The van der Waals surface area contributed by atoms with Crippen molar-refractivity contribution in [3.8, 4) is 0 Å². The summed E-state index contributed by atoms with van der Waals surface area (Å²) in [4.78, 5) is 0. The van der Waals surface area contributed by atoms with Crippen LogP contribution in [-0.4, -0.2) is 26.3 Å². The molecule has 1 fully saturated rings. The Kier molecular flexibility index (Phi) is 5.43. The molecular weight excluding hydrogens is 260 g/mol. The molecule has 0 heterocycles. The zero-order valence-electron chi connectivity index (χ0n) is 12.8. The van der Waals surface area contributed by atoms with Crippen LogP contribution in [0.25, 0.3) is 0 Å². The summed E-state index contributed by atoms with van der Waals surface area (Å²) in [5.41, 5.74) is 5.48. The van der Waals surface area contributed by atoms with Crippen molar-refractivity contribution >= 4 is 10.0 Å². The minimum absolute atomic E-state index is 0.0334. The summed E-state index contributed by atoms with van der Waals surface area (Å²) >= 11 is 0. The van der Waals surface area contributed by atoms with Crippen molar-refractivity contribution in [2.24, 2.45) is 17.1 Å². The second kappa shape index (κ2) is 6.10. The molecule has 3 N–H and O–H groups in total. The van der Waals surface area contributed by atoms with E-state index in [1.54, 1.807) is 0 Å². The first-order chi connectivity index (χ1) is 8.58. The zero-order valence-corrected chi connectivity index (χ0v) is 13.6. The van der Waals surface area contributed by atoms with Crippen LogP contribution in [0.5, 0.6) is 0 Å². The Morgan fingerprint density at radius 2 is 1.79 bits per heavy atom. The predicted octanol–water partition coefficient (Wildman–Crippen LogP) is 2.25. The zero-order chi connectivity index (χ0) is 14.7. The van der Waals surface area contributed by atoms with Gasteiger partial charge in [0.25, 0.3) is 0 Å². The van der Waals surface area contributed by atoms with Crippen LogP contribution in [0.3, 0.4) is 0 Å². The highest BCUT2D eigenvalue weighted by atomic mass is 32.2. The van der Waals surface area contributed by atoms with E-state index in [1.807, 2.05) is 0 Å². The van der Waals surface area contributed by atoms with Crippen molar-refractivity contribution in [1.82, 2.24) is 4.72 Å². The number of hydrogen-bond donors (Lipinski definition) is 2. The first-order valence-electron chi connectivity index (χ1n) is 7.29. The molecule has 1 saturated carbocycles. The summed E-state index contributed by atoms with van der Waals surface area (Å²) in [5, 5.41) is 0. The van der Waals surface area contributed by atoms with Crippen molar-refractivity contribution in [3.63, 3.8) is 0 Å². The Balaban J connectivity index is 2.64. The van der Waals surface area contributed by atoms with E-state index in [1.165, 1.54) is 0 Å². The number of nitrogens with two attached hydrogens (primary N) is 1. The fraction of sp³-hybridized carbons (Fsp3) is 1.00. The van der Waals surface area contributed by atoms with Gasteiger partial charge in [0.2, 0.25) is 10.0 Å². The largest absolute Gasteiger partial charge is 0.329 e. The second-order valence-corrected chi connectivity index (χ2v) is 9.24. The van der Waals surface area contributed by atoms with Crippen molar-refractivity contribution in [3.05, 3.63) is 0 Å². The van der Waals surface area contributed by atoms with Crippen molar-refractivity contribution in [2.75, 3.05) is 12.3 Å². The molecule has 0 bridgehead atoms. The molecule has 0 unspecified atom stereocenters. The summed E-state index contributed by atoms with van der Waals surface area (Å²) in [7, 11) is -3.23. The van der Waals surface area contributed by atoms with Gasteiger partial charge in [0, 0.05) is 12.1 Å². The fourth-order valence-electron chi connectivity index (χ4n) is 2.48. The van der Waals surface area contributed by atoms with Gasteiger partial charge in [0.05, 0.1) is 5.75 Å². The van der Waals surface area contributed by atoms with Gasteiger partial charge < -0.3 is 5.73 Å². The molecule has 0 spiro atoms. The van der Waals surface area contributed by atoms with E-state index in [-0.39, 0.29) is 11.2 Å². The Morgan fingerprint density at radius 1 is 1.26 bits per heavy atom. The molecule has 1 aliphatic carbocycles. The average Bonchev–Trinajstić information content (AvgIpc) is 2.29. The lowest BCUT2D eigenvalue weighted by molar-refractivity contribution is 0.231. The molecule has 0 atom stereocenters. The highest BCUT2D eigenvalue weighted by Crippen LogP contribution is 2.32. The molecule has 1 aliphatic rings. The maximum atomic E-state index is 12.2. The van der Waals surface area contributed by atoms with Crippen LogP contribution in [-0.2, 0) is 10.0 Å². The summed E-state index contributed by atoms with van der Waals surface area (Å²) in [6.07, 6.45) is 4.50. The number of hydrogen-bond acceptors (Lipinski definition) is 3. The molecule has 1 rings (SSSR count). The van der Waals surface area contributed by atoms with E-state index in [0.717, 1.165) is 25.7 Å². The Hall–Kier alpha value is -0.130. The molecule has 0 radical (unpaired) electrons. The predicted molar refractivity (Wildman–Crippen MR) is 80.4 cm³/mol. The van der Waals surface area contributed by atoms with Crippen LogP contribution in [0.4, 0.5) is 0 Å². The molecular formula is C14H30N2O2S. The first-order valence-corrected chi connectivity index (χ1v) is 8.94. The molecule has 5 heteroatoms. The van der Waals surface area contributed by atoms with Crippen molar-refractivity contribution in [1.29, 1.82) is 0 Å². The van der Waals surface area contributed by atoms with Gasteiger partial charge in [-0.05, 0) is 43.4 Å². The van der Waals surface area contributed by atoms with E-state index in [0.29, 0.717) is 18.9 Å². The Morgan fingerprint density at radius 3 is 2.21 bits per heavy atom. The third-order valence-electron chi connectivity index (χ3n) is 4.11. The SMILES string of the molecule is CC1CCC(CN)(NS(=O)(=O)CCC(C)(C)C)CC1. The van der Waals surface area contributed by atoms with Crippen molar-refractivity contribution < 1.29 is 8.42 Å². The summed E-state index contributed by atoms with van der Waals surface area (Å²) in [6, 6.07) is 0. The van der Waals surface area contributed by atoms with Crippen LogP contribution in [0.15, 0.2) is 0 Å². The van der Waals surface area contributed by atoms with E-state index < -0.39 is 15.6 Å². The maximum Gasteiger partial charge on any atom is 0.212 e. The average molecular weight is 290 g/mol. The molecule has 0 amide bonds. The van der Waals surface area contributed by atoms with Gasteiger partial charge in [-0.15, -0.1) is 0 Å². The van der Waals surface area contributed by atoms with Crippen molar-refractivity contribution in [2.45, 2.75) is 65.3 Å². The summed E-state index contributed by atoms with van der Waals surface area (Å²) < 4.78 is 27.3. The summed E-state index contributed by atoms with van der Waals surface area (Å²) in [6.45, 7) is 8.79. The normalized spacial score (nSPS) is 29.4. The maximum absolute atomic E-state index is 12.2. The molecule has 0 aromatic carbocycles. The monoisotopic (exact) mass is 290 g/mol. The fourth-order valence-corrected chi connectivity index (χ4v) is 4.41. The highest BCUT2D eigenvalue weighted by Gasteiger charge is 2.36. The Labute approximate surface area is 118 Å². The van der Waals surface area contributed by atoms with Gasteiger partial charge >= 0.3 is 0 Å². The van der Waals surface area contributed by atoms with Crippen LogP contribution < -0.4 is 10.5 Å². The third kappa shape index (κ3) is 5.79. The lowest BCUT2D eigenvalue weighted by Crippen LogP contribution is -2.55. The minimum atomic E-state index is -3.23. The molecule has 0 aromatic heterocycles. The molecule has 0 aromatic rings. The number of rotatable bonds is 5. The van der Waals surface area contributed by atoms with Gasteiger partial charge in [0.15, 0.2) is 0 Å². The quantitative estimate of drug-likeness (QED) is 0.815. The highest BCUT2D eigenvalue weighted by molar-refractivity contribution is 7.89. The number of sulfonamides is 1. The molecule has 4 nitrogen and oxygen atoms in total.